The highest BCUT2D eigenvalue weighted by Crippen LogP contribution is 2.35. The zero-order valence-corrected chi connectivity index (χ0v) is 14.0. The molecule has 0 amide bonds. The van der Waals surface area contributed by atoms with Crippen LogP contribution in [-0.2, 0) is 6.42 Å². The molecular weight excluding hydrogens is 328 g/mol. The zero-order valence-electron chi connectivity index (χ0n) is 12.4. The molecular formula is C18H17BrO2. The Kier molecular flexibility index (Phi) is 3.40. The topological polar surface area (TPSA) is 26.3 Å². The molecule has 0 fully saturated rings. The second-order valence-corrected chi connectivity index (χ2v) is 7.01. The molecule has 2 aromatic rings. The number of carbonyl (C=O) groups is 1. The standard InChI is InChI=1S/C18H17BrO2/c1-11-4-5-13(9-15(11)19)17(20)12-6-7-16-14(8-12)10-18(2,3)21-16/h4-9H,10H2,1-3H3. The lowest BCUT2D eigenvalue weighted by molar-refractivity contribution is 0.103. The Balaban J connectivity index is 1.95. The van der Waals surface area contributed by atoms with E-state index in [4.69, 9.17) is 4.74 Å². The molecule has 0 saturated heterocycles. The van der Waals surface area contributed by atoms with Crippen LogP contribution in [-0.4, -0.2) is 11.4 Å². The second kappa shape index (κ2) is 4.99. The Hall–Kier alpha value is -1.61. The quantitative estimate of drug-likeness (QED) is 0.738. The summed E-state index contributed by atoms with van der Waals surface area (Å²) in [7, 11) is 0. The van der Waals surface area contributed by atoms with Crippen LogP contribution in [0.2, 0.25) is 0 Å². The van der Waals surface area contributed by atoms with Crippen molar-refractivity contribution in [2.45, 2.75) is 32.8 Å². The van der Waals surface area contributed by atoms with Crippen LogP contribution in [0.4, 0.5) is 0 Å². The summed E-state index contributed by atoms with van der Waals surface area (Å²) < 4.78 is 6.81. The van der Waals surface area contributed by atoms with E-state index in [1.807, 2.05) is 43.3 Å². The van der Waals surface area contributed by atoms with Gasteiger partial charge in [0.15, 0.2) is 5.78 Å². The Morgan fingerprint density at radius 2 is 1.81 bits per heavy atom. The highest BCUT2D eigenvalue weighted by molar-refractivity contribution is 9.10. The predicted octanol–water partition coefficient (Wildman–Crippen LogP) is 4.70. The summed E-state index contributed by atoms with van der Waals surface area (Å²) in [6, 6.07) is 11.4. The molecule has 0 atom stereocenters. The molecule has 1 aliphatic rings. The molecule has 3 heteroatoms. The van der Waals surface area contributed by atoms with Crippen LogP contribution < -0.4 is 4.74 Å². The Bertz CT molecular complexity index is 732. The summed E-state index contributed by atoms with van der Waals surface area (Å²) in [6.07, 6.45) is 0.834. The smallest absolute Gasteiger partial charge is 0.193 e. The van der Waals surface area contributed by atoms with Crippen molar-refractivity contribution < 1.29 is 9.53 Å². The van der Waals surface area contributed by atoms with Crippen molar-refractivity contribution >= 4 is 21.7 Å². The SMILES string of the molecule is Cc1ccc(C(=O)c2ccc3c(c2)CC(C)(C)O3)cc1Br. The van der Waals surface area contributed by atoms with Gasteiger partial charge in [-0.15, -0.1) is 0 Å². The number of ketones is 1. The number of hydrogen-bond donors (Lipinski definition) is 0. The van der Waals surface area contributed by atoms with Gasteiger partial charge in [0, 0.05) is 22.0 Å². The average Bonchev–Trinajstić information content (AvgIpc) is 2.73. The summed E-state index contributed by atoms with van der Waals surface area (Å²) in [5.74, 6) is 0.935. The third-order valence-corrected chi connectivity index (χ3v) is 4.61. The fourth-order valence-corrected chi connectivity index (χ4v) is 3.03. The third kappa shape index (κ3) is 2.75. The van der Waals surface area contributed by atoms with E-state index in [0.717, 1.165) is 27.8 Å². The van der Waals surface area contributed by atoms with E-state index in [9.17, 15) is 4.79 Å². The van der Waals surface area contributed by atoms with Crippen molar-refractivity contribution in [3.8, 4) is 5.75 Å². The molecule has 0 bridgehead atoms. The van der Waals surface area contributed by atoms with Gasteiger partial charge < -0.3 is 4.74 Å². The number of ether oxygens (including phenoxy) is 1. The number of aryl methyl sites for hydroxylation is 1. The maximum Gasteiger partial charge on any atom is 0.193 e. The molecule has 0 unspecified atom stereocenters. The first-order chi connectivity index (χ1) is 9.85. The summed E-state index contributed by atoms with van der Waals surface area (Å²) in [5, 5.41) is 0. The van der Waals surface area contributed by atoms with E-state index in [0.29, 0.717) is 11.1 Å². The number of benzene rings is 2. The first-order valence-electron chi connectivity index (χ1n) is 6.98. The van der Waals surface area contributed by atoms with Gasteiger partial charge in [0.2, 0.25) is 0 Å². The number of carbonyl (C=O) groups excluding carboxylic acids is 1. The lowest BCUT2D eigenvalue weighted by Crippen LogP contribution is -2.24. The van der Waals surface area contributed by atoms with Crippen molar-refractivity contribution in [2.75, 3.05) is 0 Å². The van der Waals surface area contributed by atoms with E-state index in [2.05, 4.69) is 29.8 Å². The van der Waals surface area contributed by atoms with E-state index < -0.39 is 0 Å². The van der Waals surface area contributed by atoms with Gasteiger partial charge in [-0.05, 0) is 56.2 Å². The number of hydrogen-bond acceptors (Lipinski definition) is 2. The molecule has 2 aromatic carbocycles. The van der Waals surface area contributed by atoms with E-state index in [1.54, 1.807) is 0 Å². The number of rotatable bonds is 2. The van der Waals surface area contributed by atoms with Gasteiger partial charge in [-0.1, -0.05) is 28.1 Å². The monoisotopic (exact) mass is 344 g/mol. The molecule has 0 N–H and O–H groups in total. The maximum atomic E-state index is 12.6. The summed E-state index contributed by atoms with van der Waals surface area (Å²) >= 11 is 3.48. The van der Waals surface area contributed by atoms with Gasteiger partial charge in [0.25, 0.3) is 0 Å². The molecule has 0 aliphatic carbocycles. The summed E-state index contributed by atoms with van der Waals surface area (Å²) in [4.78, 5) is 12.6. The van der Waals surface area contributed by atoms with Gasteiger partial charge in [-0.3, -0.25) is 4.79 Å². The van der Waals surface area contributed by atoms with E-state index in [-0.39, 0.29) is 11.4 Å². The van der Waals surface area contributed by atoms with Crippen LogP contribution in [0.15, 0.2) is 40.9 Å². The second-order valence-electron chi connectivity index (χ2n) is 6.15. The molecule has 108 valence electrons. The van der Waals surface area contributed by atoms with Crippen molar-refractivity contribution in [1.29, 1.82) is 0 Å². The van der Waals surface area contributed by atoms with Gasteiger partial charge in [-0.25, -0.2) is 0 Å². The normalized spacial score (nSPS) is 15.4. The molecule has 1 heterocycles. The lowest BCUT2D eigenvalue weighted by Gasteiger charge is -2.16. The van der Waals surface area contributed by atoms with Crippen LogP contribution in [0, 0.1) is 6.92 Å². The van der Waals surface area contributed by atoms with Crippen molar-refractivity contribution in [3.63, 3.8) is 0 Å². The van der Waals surface area contributed by atoms with Gasteiger partial charge in [-0.2, -0.15) is 0 Å². The van der Waals surface area contributed by atoms with Crippen LogP contribution in [0.25, 0.3) is 0 Å². The summed E-state index contributed by atoms with van der Waals surface area (Å²) in [5.41, 5.74) is 3.46. The molecule has 0 aromatic heterocycles. The van der Waals surface area contributed by atoms with Gasteiger partial charge in [0.1, 0.15) is 11.4 Å². The van der Waals surface area contributed by atoms with E-state index in [1.165, 1.54) is 0 Å². The average molecular weight is 345 g/mol. The third-order valence-electron chi connectivity index (χ3n) is 3.76. The lowest BCUT2D eigenvalue weighted by atomic mass is 9.97. The largest absolute Gasteiger partial charge is 0.487 e. The minimum absolute atomic E-state index is 0.0446. The van der Waals surface area contributed by atoms with Gasteiger partial charge >= 0.3 is 0 Å². The predicted molar refractivity (Wildman–Crippen MR) is 87.2 cm³/mol. The van der Waals surface area contributed by atoms with Crippen molar-refractivity contribution in [2.24, 2.45) is 0 Å². The van der Waals surface area contributed by atoms with Crippen molar-refractivity contribution in [3.05, 3.63) is 63.1 Å². The van der Waals surface area contributed by atoms with Crippen LogP contribution in [0.1, 0.15) is 40.9 Å². The molecule has 3 rings (SSSR count). The Morgan fingerprint density at radius 3 is 2.52 bits per heavy atom. The first-order valence-corrected chi connectivity index (χ1v) is 7.78. The number of fused-ring (bicyclic) bond motifs is 1. The fourth-order valence-electron chi connectivity index (χ4n) is 2.65. The molecule has 2 nitrogen and oxygen atoms in total. The highest BCUT2D eigenvalue weighted by Gasteiger charge is 2.30. The van der Waals surface area contributed by atoms with Crippen LogP contribution >= 0.6 is 15.9 Å². The Labute approximate surface area is 133 Å². The molecule has 1 aliphatic heterocycles. The molecule has 21 heavy (non-hydrogen) atoms. The van der Waals surface area contributed by atoms with Crippen LogP contribution in [0.3, 0.4) is 0 Å². The molecule has 0 spiro atoms. The van der Waals surface area contributed by atoms with Crippen LogP contribution in [0.5, 0.6) is 5.75 Å². The maximum absolute atomic E-state index is 12.6. The Morgan fingerprint density at radius 1 is 1.14 bits per heavy atom. The zero-order chi connectivity index (χ0) is 15.2. The highest BCUT2D eigenvalue weighted by atomic mass is 79.9. The van der Waals surface area contributed by atoms with E-state index >= 15 is 0 Å². The summed E-state index contributed by atoms with van der Waals surface area (Å²) in [6.45, 7) is 6.13. The number of halogens is 1. The van der Waals surface area contributed by atoms with Crippen molar-refractivity contribution in [1.82, 2.24) is 0 Å². The fraction of sp³-hybridized carbons (Fsp3) is 0.278. The minimum atomic E-state index is -0.184. The van der Waals surface area contributed by atoms with Gasteiger partial charge in [0.05, 0.1) is 0 Å². The molecule has 0 radical (unpaired) electrons. The first kappa shape index (κ1) is 14.3. The minimum Gasteiger partial charge on any atom is -0.487 e. The molecule has 0 saturated carbocycles.